The summed E-state index contributed by atoms with van der Waals surface area (Å²) >= 11 is 0. The maximum atomic E-state index is 12.2. The number of nitrogens with zero attached hydrogens (tertiary/aromatic N) is 1. The van der Waals surface area contributed by atoms with E-state index in [2.05, 4.69) is 9.72 Å². The molecule has 0 radical (unpaired) electrons. The van der Waals surface area contributed by atoms with E-state index >= 15 is 0 Å². The van der Waals surface area contributed by atoms with Crippen LogP contribution < -0.4 is 4.74 Å². The summed E-state index contributed by atoms with van der Waals surface area (Å²) in [6, 6.07) is 6.67. The standard InChI is InChI=1S/C14H10F3NO2/c1-9-2-3-11(20-14(15,16)17)8-12(9)13(19)10-4-6-18-7-5-10/h2-8H,1H3. The average Bonchev–Trinajstić information content (AvgIpc) is 2.40. The number of pyridine rings is 1. The van der Waals surface area contributed by atoms with E-state index in [1.807, 2.05) is 0 Å². The van der Waals surface area contributed by atoms with E-state index in [0.29, 0.717) is 11.1 Å². The SMILES string of the molecule is Cc1ccc(OC(F)(F)F)cc1C(=O)c1ccncc1. The molecule has 6 heteroatoms. The molecule has 0 aliphatic rings. The van der Waals surface area contributed by atoms with Crippen molar-refractivity contribution in [3.8, 4) is 5.75 Å². The fourth-order valence-corrected chi connectivity index (χ4v) is 1.70. The number of carbonyl (C=O) groups excluding carboxylic acids is 1. The number of benzene rings is 1. The molecule has 1 aromatic carbocycles. The molecule has 0 saturated carbocycles. The van der Waals surface area contributed by atoms with Crippen LogP contribution in [0.1, 0.15) is 21.5 Å². The minimum absolute atomic E-state index is 0.165. The molecule has 20 heavy (non-hydrogen) atoms. The van der Waals surface area contributed by atoms with Crippen molar-refractivity contribution in [2.75, 3.05) is 0 Å². The first-order valence-corrected chi connectivity index (χ1v) is 5.68. The third-order valence-electron chi connectivity index (χ3n) is 2.63. The van der Waals surface area contributed by atoms with Crippen molar-refractivity contribution < 1.29 is 22.7 Å². The number of carbonyl (C=O) groups is 1. The zero-order chi connectivity index (χ0) is 14.8. The molecule has 0 bridgehead atoms. The molecule has 0 fully saturated rings. The normalized spacial score (nSPS) is 11.2. The van der Waals surface area contributed by atoms with Gasteiger partial charge in [0.05, 0.1) is 0 Å². The minimum atomic E-state index is -4.79. The molecule has 3 nitrogen and oxygen atoms in total. The lowest BCUT2D eigenvalue weighted by Crippen LogP contribution is -2.17. The Morgan fingerprint density at radius 1 is 1.15 bits per heavy atom. The Kier molecular flexibility index (Phi) is 3.74. The van der Waals surface area contributed by atoms with Crippen molar-refractivity contribution in [2.45, 2.75) is 13.3 Å². The van der Waals surface area contributed by atoms with Crippen molar-refractivity contribution in [1.82, 2.24) is 4.98 Å². The summed E-state index contributed by atoms with van der Waals surface area (Å²) < 4.78 is 40.4. The summed E-state index contributed by atoms with van der Waals surface area (Å²) in [7, 11) is 0. The summed E-state index contributed by atoms with van der Waals surface area (Å²) in [5.74, 6) is -0.793. The molecule has 0 saturated heterocycles. The molecule has 0 aliphatic heterocycles. The van der Waals surface area contributed by atoms with Crippen LogP contribution in [0.3, 0.4) is 0 Å². The van der Waals surface area contributed by atoms with Gasteiger partial charge in [-0.05, 0) is 36.8 Å². The second-order valence-corrected chi connectivity index (χ2v) is 4.09. The molecule has 0 aliphatic carbocycles. The molecule has 0 spiro atoms. The number of rotatable bonds is 3. The zero-order valence-electron chi connectivity index (χ0n) is 10.4. The van der Waals surface area contributed by atoms with Crippen molar-refractivity contribution in [3.05, 3.63) is 59.4 Å². The first-order valence-electron chi connectivity index (χ1n) is 5.68. The lowest BCUT2D eigenvalue weighted by Gasteiger charge is -2.11. The first kappa shape index (κ1) is 14.0. The lowest BCUT2D eigenvalue weighted by atomic mass is 9.99. The van der Waals surface area contributed by atoms with Gasteiger partial charge in [0.25, 0.3) is 0 Å². The van der Waals surface area contributed by atoms with Gasteiger partial charge in [-0.25, -0.2) is 0 Å². The van der Waals surface area contributed by atoms with Gasteiger partial charge in [0.15, 0.2) is 5.78 Å². The molecule has 2 rings (SSSR count). The fourth-order valence-electron chi connectivity index (χ4n) is 1.70. The smallest absolute Gasteiger partial charge is 0.406 e. The van der Waals surface area contributed by atoms with Crippen LogP contribution in [0.2, 0.25) is 0 Å². The van der Waals surface area contributed by atoms with Crippen LogP contribution in [0.5, 0.6) is 5.75 Å². The maximum Gasteiger partial charge on any atom is 0.573 e. The van der Waals surface area contributed by atoms with Gasteiger partial charge < -0.3 is 4.74 Å². The Morgan fingerprint density at radius 3 is 2.40 bits per heavy atom. The summed E-state index contributed by atoms with van der Waals surface area (Å²) in [6.07, 6.45) is -1.90. The summed E-state index contributed by atoms with van der Waals surface area (Å²) in [6.45, 7) is 1.64. The Labute approximate surface area is 113 Å². The van der Waals surface area contributed by atoms with Crippen molar-refractivity contribution in [3.63, 3.8) is 0 Å². The van der Waals surface area contributed by atoms with E-state index in [0.717, 1.165) is 6.07 Å². The van der Waals surface area contributed by atoms with Crippen LogP contribution >= 0.6 is 0 Å². The van der Waals surface area contributed by atoms with E-state index in [1.165, 1.54) is 36.7 Å². The molecule has 0 amide bonds. The molecule has 0 N–H and O–H groups in total. The second kappa shape index (κ2) is 5.32. The molecule has 2 aromatic rings. The molecule has 1 aromatic heterocycles. The number of hydrogen-bond donors (Lipinski definition) is 0. The summed E-state index contributed by atoms with van der Waals surface area (Å²) in [5, 5.41) is 0. The third-order valence-corrected chi connectivity index (χ3v) is 2.63. The largest absolute Gasteiger partial charge is 0.573 e. The van der Waals surface area contributed by atoms with Gasteiger partial charge >= 0.3 is 6.36 Å². The highest BCUT2D eigenvalue weighted by Crippen LogP contribution is 2.26. The number of alkyl halides is 3. The number of ether oxygens (including phenoxy) is 1. The van der Waals surface area contributed by atoms with Crippen molar-refractivity contribution in [1.29, 1.82) is 0 Å². The molecular formula is C14H10F3NO2. The Bertz CT molecular complexity index is 624. The van der Waals surface area contributed by atoms with E-state index in [1.54, 1.807) is 6.92 Å². The molecule has 0 atom stereocenters. The lowest BCUT2D eigenvalue weighted by molar-refractivity contribution is -0.274. The van der Waals surface area contributed by atoms with Crippen LogP contribution in [-0.4, -0.2) is 17.1 Å². The number of aromatic nitrogens is 1. The van der Waals surface area contributed by atoms with Crippen LogP contribution in [0, 0.1) is 6.92 Å². The fraction of sp³-hybridized carbons (Fsp3) is 0.143. The van der Waals surface area contributed by atoms with Crippen molar-refractivity contribution >= 4 is 5.78 Å². The number of halogens is 3. The average molecular weight is 281 g/mol. The van der Waals surface area contributed by atoms with E-state index in [-0.39, 0.29) is 11.3 Å². The van der Waals surface area contributed by atoms with Gasteiger partial charge in [0.1, 0.15) is 5.75 Å². The number of hydrogen-bond acceptors (Lipinski definition) is 3. The van der Waals surface area contributed by atoms with Crippen LogP contribution in [-0.2, 0) is 0 Å². The maximum absolute atomic E-state index is 12.2. The monoisotopic (exact) mass is 281 g/mol. The third kappa shape index (κ3) is 3.34. The number of aryl methyl sites for hydroxylation is 1. The van der Waals surface area contributed by atoms with E-state index in [9.17, 15) is 18.0 Å². The Balaban J connectivity index is 2.36. The van der Waals surface area contributed by atoms with Gasteiger partial charge in [-0.3, -0.25) is 9.78 Å². The first-order chi connectivity index (χ1) is 9.37. The second-order valence-electron chi connectivity index (χ2n) is 4.09. The predicted octanol–water partition coefficient (Wildman–Crippen LogP) is 3.52. The minimum Gasteiger partial charge on any atom is -0.406 e. The van der Waals surface area contributed by atoms with Gasteiger partial charge in [0, 0.05) is 23.5 Å². The van der Waals surface area contributed by atoms with Crippen LogP contribution in [0.15, 0.2) is 42.7 Å². The van der Waals surface area contributed by atoms with Crippen molar-refractivity contribution in [2.24, 2.45) is 0 Å². The quantitative estimate of drug-likeness (QED) is 0.808. The van der Waals surface area contributed by atoms with Gasteiger partial charge in [-0.15, -0.1) is 13.2 Å². The highest BCUT2D eigenvalue weighted by Gasteiger charge is 2.31. The summed E-state index contributed by atoms with van der Waals surface area (Å²) in [4.78, 5) is 16.0. The topological polar surface area (TPSA) is 39.2 Å². The highest BCUT2D eigenvalue weighted by molar-refractivity contribution is 6.10. The van der Waals surface area contributed by atoms with Crippen LogP contribution in [0.25, 0.3) is 0 Å². The molecular weight excluding hydrogens is 271 g/mol. The highest BCUT2D eigenvalue weighted by atomic mass is 19.4. The predicted molar refractivity (Wildman–Crippen MR) is 65.5 cm³/mol. The Hall–Kier alpha value is -2.37. The Morgan fingerprint density at radius 2 is 1.80 bits per heavy atom. The molecule has 1 heterocycles. The molecule has 0 unspecified atom stereocenters. The molecule has 104 valence electrons. The van der Waals surface area contributed by atoms with Gasteiger partial charge in [0.2, 0.25) is 0 Å². The number of ketones is 1. The van der Waals surface area contributed by atoms with Gasteiger partial charge in [-0.2, -0.15) is 0 Å². The van der Waals surface area contributed by atoms with Gasteiger partial charge in [-0.1, -0.05) is 6.07 Å². The van der Waals surface area contributed by atoms with E-state index < -0.39 is 12.1 Å². The summed E-state index contributed by atoms with van der Waals surface area (Å²) in [5.41, 5.74) is 1.09. The van der Waals surface area contributed by atoms with Crippen LogP contribution in [0.4, 0.5) is 13.2 Å². The van der Waals surface area contributed by atoms with E-state index in [4.69, 9.17) is 0 Å². The zero-order valence-corrected chi connectivity index (χ0v) is 10.4.